The molecule has 2 aromatic rings. The van der Waals surface area contributed by atoms with Crippen LogP contribution in [0, 0.1) is 0 Å². The normalized spacial score (nSPS) is 15.8. The van der Waals surface area contributed by atoms with E-state index in [2.05, 4.69) is 9.98 Å². The number of nitrogens with zero attached hydrogens (tertiary/aromatic N) is 2. The van der Waals surface area contributed by atoms with Gasteiger partial charge in [-0.2, -0.15) is 0 Å². The molecule has 1 aliphatic heterocycles. The number of hydrogen-bond acceptors (Lipinski definition) is 4. The molecule has 1 aromatic heterocycles. The van der Waals surface area contributed by atoms with Gasteiger partial charge < -0.3 is 4.74 Å². The van der Waals surface area contributed by atoms with Gasteiger partial charge in [0.1, 0.15) is 12.0 Å². The van der Waals surface area contributed by atoms with Gasteiger partial charge in [0.15, 0.2) is 5.72 Å². The molecule has 1 aliphatic rings. The molecule has 0 bridgehead atoms. The number of aromatic nitrogens is 1. The summed E-state index contributed by atoms with van der Waals surface area (Å²) in [6, 6.07) is 11.0. The lowest BCUT2D eigenvalue weighted by molar-refractivity contribution is 0.112. The van der Waals surface area contributed by atoms with E-state index in [0.29, 0.717) is 5.56 Å². The maximum absolute atomic E-state index is 11.0. The van der Waals surface area contributed by atoms with Crippen LogP contribution >= 0.6 is 0 Å². The molecule has 0 saturated carbocycles. The summed E-state index contributed by atoms with van der Waals surface area (Å²) in [5.74, 6) is 0.719. The van der Waals surface area contributed by atoms with Crippen LogP contribution < -0.4 is 4.74 Å². The summed E-state index contributed by atoms with van der Waals surface area (Å²) in [5, 5.41) is 0. The third-order valence-electron chi connectivity index (χ3n) is 3.04. The molecule has 100 valence electrons. The third kappa shape index (κ3) is 2.20. The fourth-order valence-electron chi connectivity index (χ4n) is 2.21. The Kier molecular flexibility index (Phi) is 2.86. The van der Waals surface area contributed by atoms with Gasteiger partial charge in [0, 0.05) is 17.3 Å². The zero-order chi connectivity index (χ0) is 14.2. The molecule has 0 atom stereocenters. The van der Waals surface area contributed by atoms with Gasteiger partial charge in [0.25, 0.3) is 0 Å². The number of carbonyl (C=O) groups is 1. The minimum Gasteiger partial charge on any atom is -0.466 e. The smallest absolute Gasteiger partial charge is 0.195 e. The van der Waals surface area contributed by atoms with E-state index in [1.807, 2.05) is 32.0 Å². The summed E-state index contributed by atoms with van der Waals surface area (Å²) in [6.45, 7) is 3.79. The molecule has 4 heteroatoms. The van der Waals surface area contributed by atoms with Gasteiger partial charge in [-0.25, -0.2) is 4.99 Å². The topological polar surface area (TPSA) is 51.5 Å². The molecule has 0 spiro atoms. The van der Waals surface area contributed by atoms with Crippen LogP contribution in [-0.2, 0) is 0 Å². The highest BCUT2D eigenvalue weighted by molar-refractivity contribution is 6.14. The summed E-state index contributed by atoms with van der Waals surface area (Å²) < 4.78 is 5.84. The van der Waals surface area contributed by atoms with Crippen LogP contribution in [-0.4, -0.2) is 22.7 Å². The van der Waals surface area contributed by atoms with Crippen molar-refractivity contribution in [2.45, 2.75) is 19.6 Å². The lowest BCUT2D eigenvalue weighted by atomic mass is 10.0. The van der Waals surface area contributed by atoms with E-state index >= 15 is 0 Å². The van der Waals surface area contributed by atoms with Crippen molar-refractivity contribution < 1.29 is 9.53 Å². The number of benzene rings is 1. The summed E-state index contributed by atoms with van der Waals surface area (Å²) in [7, 11) is 0. The fourth-order valence-corrected chi connectivity index (χ4v) is 2.21. The Balaban J connectivity index is 2.21. The SMILES string of the molecule is CC1(C)N=C(c2ccccn2)c2cc(C=O)ccc2O1. The van der Waals surface area contributed by atoms with E-state index in [4.69, 9.17) is 4.74 Å². The summed E-state index contributed by atoms with van der Waals surface area (Å²) in [5.41, 5.74) is 2.26. The van der Waals surface area contributed by atoms with Crippen LogP contribution in [0.2, 0.25) is 0 Å². The van der Waals surface area contributed by atoms with Gasteiger partial charge in [0.2, 0.25) is 0 Å². The first kappa shape index (κ1) is 12.5. The van der Waals surface area contributed by atoms with Gasteiger partial charge in [0.05, 0.1) is 11.4 Å². The first-order valence-electron chi connectivity index (χ1n) is 6.39. The van der Waals surface area contributed by atoms with Crippen molar-refractivity contribution >= 4 is 12.0 Å². The minimum absolute atomic E-state index is 0.593. The largest absolute Gasteiger partial charge is 0.466 e. The Morgan fingerprint density at radius 2 is 2.05 bits per heavy atom. The van der Waals surface area contributed by atoms with Crippen molar-refractivity contribution in [3.05, 3.63) is 59.4 Å². The second-order valence-corrected chi connectivity index (χ2v) is 5.10. The highest BCUT2D eigenvalue weighted by atomic mass is 16.5. The molecule has 2 heterocycles. The number of aliphatic imine (C=N–C) groups is 1. The van der Waals surface area contributed by atoms with Gasteiger partial charge in [-0.1, -0.05) is 6.07 Å². The molecule has 0 amide bonds. The number of hydrogen-bond donors (Lipinski definition) is 0. The quantitative estimate of drug-likeness (QED) is 0.785. The van der Waals surface area contributed by atoms with Crippen LogP contribution in [0.1, 0.15) is 35.5 Å². The summed E-state index contributed by atoms with van der Waals surface area (Å²) >= 11 is 0. The Bertz CT molecular complexity index is 691. The Morgan fingerprint density at radius 3 is 2.75 bits per heavy atom. The molecule has 20 heavy (non-hydrogen) atoms. The lowest BCUT2D eigenvalue weighted by Gasteiger charge is -2.30. The van der Waals surface area contributed by atoms with E-state index in [1.165, 1.54) is 0 Å². The molecule has 4 nitrogen and oxygen atoms in total. The maximum atomic E-state index is 11.0. The van der Waals surface area contributed by atoms with Gasteiger partial charge in [-0.15, -0.1) is 0 Å². The van der Waals surface area contributed by atoms with Crippen LogP contribution in [0.15, 0.2) is 47.6 Å². The third-order valence-corrected chi connectivity index (χ3v) is 3.04. The van der Waals surface area contributed by atoms with Crippen molar-refractivity contribution in [2.75, 3.05) is 0 Å². The van der Waals surface area contributed by atoms with Crippen molar-refractivity contribution in [1.82, 2.24) is 4.98 Å². The second kappa shape index (κ2) is 4.56. The van der Waals surface area contributed by atoms with E-state index < -0.39 is 5.72 Å². The van der Waals surface area contributed by atoms with Gasteiger partial charge in [-0.05, 0) is 44.2 Å². The van der Waals surface area contributed by atoms with Crippen molar-refractivity contribution in [3.63, 3.8) is 0 Å². The number of pyridine rings is 1. The first-order chi connectivity index (χ1) is 9.59. The Morgan fingerprint density at radius 1 is 1.20 bits per heavy atom. The zero-order valence-corrected chi connectivity index (χ0v) is 11.3. The highest BCUT2D eigenvalue weighted by Gasteiger charge is 2.29. The van der Waals surface area contributed by atoms with Crippen molar-refractivity contribution in [3.8, 4) is 5.75 Å². The number of fused-ring (bicyclic) bond motifs is 1. The van der Waals surface area contributed by atoms with Gasteiger partial charge >= 0.3 is 0 Å². The second-order valence-electron chi connectivity index (χ2n) is 5.10. The molecule has 0 fully saturated rings. The summed E-state index contributed by atoms with van der Waals surface area (Å²) in [6.07, 6.45) is 2.54. The van der Waals surface area contributed by atoms with Gasteiger partial charge in [-0.3, -0.25) is 9.78 Å². The van der Waals surface area contributed by atoms with Crippen molar-refractivity contribution in [2.24, 2.45) is 4.99 Å². The predicted octanol–water partition coefficient (Wildman–Crippen LogP) is 2.86. The number of rotatable bonds is 2. The van der Waals surface area contributed by atoms with Crippen LogP contribution in [0.5, 0.6) is 5.75 Å². The highest BCUT2D eigenvalue weighted by Crippen LogP contribution is 2.32. The predicted molar refractivity (Wildman–Crippen MR) is 76.4 cm³/mol. The Hall–Kier alpha value is -2.49. The molecule has 3 rings (SSSR count). The van der Waals surface area contributed by atoms with E-state index in [9.17, 15) is 4.79 Å². The number of carbonyl (C=O) groups excluding carboxylic acids is 1. The minimum atomic E-state index is -0.650. The molecular formula is C16H14N2O2. The van der Waals surface area contributed by atoms with E-state index in [0.717, 1.165) is 29.0 Å². The van der Waals surface area contributed by atoms with Crippen LogP contribution in [0.3, 0.4) is 0 Å². The summed E-state index contributed by atoms with van der Waals surface area (Å²) in [4.78, 5) is 19.9. The standard InChI is InChI=1S/C16H14N2O2/c1-16(2)18-15(13-5-3-4-8-17-13)12-9-11(10-19)6-7-14(12)20-16/h3-10H,1-2H3. The fraction of sp³-hybridized carbons (Fsp3) is 0.188. The molecule has 0 unspecified atom stereocenters. The van der Waals surface area contributed by atoms with Crippen LogP contribution in [0.4, 0.5) is 0 Å². The monoisotopic (exact) mass is 266 g/mol. The zero-order valence-electron chi connectivity index (χ0n) is 11.3. The molecule has 0 saturated heterocycles. The van der Waals surface area contributed by atoms with E-state index in [-0.39, 0.29) is 0 Å². The average Bonchev–Trinajstić information content (AvgIpc) is 2.46. The van der Waals surface area contributed by atoms with Crippen molar-refractivity contribution in [1.29, 1.82) is 0 Å². The molecule has 1 aromatic carbocycles. The van der Waals surface area contributed by atoms with Crippen LogP contribution in [0.25, 0.3) is 0 Å². The molecule has 0 aliphatic carbocycles. The lowest BCUT2D eigenvalue weighted by Crippen LogP contribution is -2.32. The average molecular weight is 266 g/mol. The van der Waals surface area contributed by atoms with E-state index in [1.54, 1.807) is 24.4 Å². The number of ether oxygens (including phenoxy) is 1. The Labute approximate surface area is 117 Å². The maximum Gasteiger partial charge on any atom is 0.195 e. The first-order valence-corrected chi connectivity index (χ1v) is 6.39. The number of aldehydes is 1. The molecule has 0 radical (unpaired) electrons. The molecular weight excluding hydrogens is 252 g/mol. The molecule has 0 N–H and O–H groups in total.